The molecule has 0 atom stereocenters. The third kappa shape index (κ3) is 3.96. The lowest BCUT2D eigenvalue weighted by molar-refractivity contribution is -0.143. The Morgan fingerprint density at radius 3 is 2.20 bits per heavy atom. The maximum absolute atomic E-state index is 13.1. The Balaban J connectivity index is 2.04. The molecule has 138 valence electrons. The maximum atomic E-state index is 13.1. The van der Waals surface area contributed by atoms with E-state index in [0.29, 0.717) is 45.6 Å². The normalized spacial score (nSPS) is 15.4. The highest BCUT2D eigenvalue weighted by molar-refractivity contribution is 6.33. The van der Waals surface area contributed by atoms with E-state index in [4.69, 9.17) is 17.3 Å². The Bertz CT molecular complexity index is 633. The van der Waals surface area contributed by atoms with Gasteiger partial charge in [0.1, 0.15) is 5.82 Å². The van der Waals surface area contributed by atoms with Crippen LogP contribution in [-0.4, -0.2) is 54.3 Å². The van der Waals surface area contributed by atoms with E-state index >= 15 is 0 Å². The zero-order valence-corrected chi connectivity index (χ0v) is 15.5. The van der Waals surface area contributed by atoms with Crippen LogP contribution in [0.4, 0.5) is 4.39 Å². The molecule has 0 spiro atoms. The molecule has 2 rings (SSSR count). The molecule has 1 aromatic rings. The van der Waals surface area contributed by atoms with Gasteiger partial charge in [0, 0.05) is 32.7 Å². The van der Waals surface area contributed by atoms with E-state index in [1.165, 1.54) is 12.1 Å². The van der Waals surface area contributed by atoms with Crippen LogP contribution in [0, 0.1) is 11.2 Å². The van der Waals surface area contributed by atoms with Gasteiger partial charge >= 0.3 is 0 Å². The number of amides is 2. The average Bonchev–Trinajstić information content (AvgIpc) is 2.63. The predicted molar refractivity (Wildman–Crippen MR) is 96.0 cm³/mol. The molecular weight excluding hydrogens is 345 g/mol. The Morgan fingerprint density at radius 1 is 1.16 bits per heavy atom. The molecule has 1 heterocycles. The van der Waals surface area contributed by atoms with E-state index in [1.807, 2.05) is 13.8 Å². The van der Waals surface area contributed by atoms with Gasteiger partial charge < -0.3 is 15.5 Å². The lowest BCUT2D eigenvalue weighted by atomic mass is 9.81. The Labute approximate surface area is 152 Å². The van der Waals surface area contributed by atoms with Gasteiger partial charge in [-0.15, -0.1) is 0 Å². The third-order valence-corrected chi connectivity index (χ3v) is 5.53. The van der Waals surface area contributed by atoms with Crippen LogP contribution in [0.15, 0.2) is 18.2 Å². The van der Waals surface area contributed by atoms with Crippen molar-refractivity contribution in [2.24, 2.45) is 11.1 Å². The van der Waals surface area contributed by atoms with E-state index < -0.39 is 11.2 Å². The van der Waals surface area contributed by atoms with Crippen molar-refractivity contribution < 1.29 is 14.0 Å². The SMILES string of the molecule is CCC(CC)(CN)C(=O)N1CCN(C(=O)c2ccc(F)cc2Cl)CC1. The molecule has 2 N–H and O–H groups in total. The second-order valence-electron chi connectivity index (χ2n) is 6.40. The molecule has 0 aromatic heterocycles. The second kappa shape index (κ2) is 8.15. The number of piperazine rings is 1. The summed E-state index contributed by atoms with van der Waals surface area (Å²) >= 11 is 5.97. The first-order chi connectivity index (χ1) is 11.9. The summed E-state index contributed by atoms with van der Waals surface area (Å²) in [6.45, 7) is 6.05. The molecule has 0 saturated carbocycles. The van der Waals surface area contributed by atoms with Crippen LogP contribution < -0.4 is 5.73 Å². The molecule has 7 heteroatoms. The summed E-state index contributed by atoms with van der Waals surface area (Å²) in [6, 6.07) is 3.74. The summed E-state index contributed by atoms with van der Waals surface area (Å²) in [7, 11) is 0. The molecule has 1 aromatic carbocycles. The highest BCUT2D eigenvalue weighted by Gasteiger charge is 2.38. The molecule has 0 radical (unpaired) electrons. The lowest BCUT2D eigenvalue weighted by Crippen LogP contribution is -2.55. The minimum absolute atomic E-state index is 0.0620. The summed E-state index contributed by atoms with van der Waals surface area (Å²) in [5.74, 6) is -0.658. The molecule has 1 aliphatic heterocycles. The molecule has 1 saturated heterocycles. The molecule has 2 amide bonds. The number of nitrogens with two attached hydrogens (primary N) is 1. The number of rotatable bonds is 5. The van der Waals surface area contributed by atoms with E-state index in [0.717, 1.165) is 6.07 Å². The van der Waals surface area contributed by atoms with Crippen LogP contribution in [0.1, 0.15) is 37.0 Å². The number of carbonyl (C=O) groups is 2. The largest absolute Gasteiger partial charge is 0.339 e. The standard InChI is InChI=1S/C18H25ClFN3O2/c1-3-18(4-2,12-21)17(25)23-9-7-22(8-10-23)16(24)14-6-5-13(20)11-15(14)19/h5-6,11H,3-4,7-10,12,21H2,1-2H3. The molecule has 1 aliphatic rings. The molecule has 25 heavy (non-hydrogen) atoms. The van der Waals surface area contributed by atoms with Crippen molar-refractivity contribution >= 4 is 23.4 Å². The summed E-state index contributed by atoms with van der Waals surface area (Å²) < 4.78 is 13.1. The number of nitrogens with zero attached hydrogens (tertiary/aromatic N) is 2. The Morgan fingerprint density at radius 2 is 1.72 bits per heavy atom. The fraction of sp³-hybridized carbons (Fsp3) is 0.556. The van der Waals surface area contributed by atoms with Gasteiger partial charge in [-0.25, -0.2) is 4.39 Å². The molecule has 0 unspecified atom stereocenters. The molecular formula is C18H25ClFN3O2. The van der Waals surface area contributed by atoms with Crippen LogP contribution in [0.25, 0.3) is 0 Å². The summed E-state index contributed by atoms with van der Waals surface area (Å²) in [5.41, 5.74) is 5.62. The van der Waals surface area contributed by atoms with Gasteiger partial charge in [-0.05, 0) is 31.0 Å². The maximum Gasteiger partial charge on any atom is 0.255 e. The van der Waals surface area contributed by atoms with E-state index in [9.17, 15) is 14.0 Å². The van der Waals surface area contributed by atoms with Crippen LogP contribution in [0.5, 0.6) is 0 Å². The summed E-state index contributed by atoms with van der Waals surface area (Å²) in [4.78, 5) is 28.8. The van der Waals surface area contributed by atoms with Crippen molar-refractivity contribution in [3.8, 4) is 0 Å². The Hall–Kier alpha value is -1.66. The smallest absolute Gasteiger partial charge is 0.255 e. The molecule has 0 aliphatic carbocycles. The Kier molecular flexibility index (Phi) is 6.41. The van der Waals surface area contributed by atoms with Crippen molar-refractivity contribution in [2.75, 3.05) is 32.7 Å². The van der Waals surface area contributed by atoms with Crippen molar-refractivity contribution in [1.82, 2.24) is 9.80 Å². The van der Waals surface area contributed by atoms with Gasteiger partial charge in [0.05, 0.1) is 16.0 Å². The molecule has 5 nitrogen and oxygen atoms in total. The predicted octanol–water partition coefficient (Wildman–Crippen LogP) is 2.53. The second-order valence-corrected chi connectivity index (χ2v) is 6.81. The summed E-state index contributed by atoms with van der Waals surface area (Å²) in [6.07, 6.45) is 1.40. The van der Waals surface area contributed by atoms with Gasteiger partial charge in [0.15, 0.2) is 0 Å². The number of carbonyl (C=O) groups excluding carboxylic acids is 2. The van der Waals surface area contributed by atoms with E-state index in [-0.39, 0.29) is 22.4 Å². The minimum atomic E-state index is -0.521. The highest BCUT2D eigenvalue weighted by Crippen LogP contribution is 2.28. The monoisotopic (exact) mass is 369 g/mol. The average molecular weight is 370 g/mol. The topological polar surface area (TPSA) is 66.6 Å². The summed E-state index contributed by atoms with van der Waals surface area (Å²) in [5, 5.41) is 0.0996. The van der Waals surface area contributed by atoms with Gasteiger partial charge in [-0.3, -0.25) is 9.59 Å². The number of halogens is 2. The van der Waals surface area contributed by atoms with Gasteiger partial charge in [0.2, 0.25) is 5.91 Å². The third-order valence-electron chi connectivity index (χ3n) is 5.21. The van der Waals surface area contributed by atoms with Crippen LogP contribution in [0.2, 0.25) is 5.02 Å². The number of hydrogen-bond acceptors (Lipinski definition) is 3. The lowest BCUT2D eigenvalue weighted by Gasteiger charge is -2.40. The van der Waals surface area contributed by atoms with E-state index in [2.05, 4.69) is 0 Å². The van der Waals surface area contributed by atoms with Gasteiger partial charge in [-0.2, -0.15) is 0 Å². The quantitative estimate of drug-likeness (QED) is 0.867. The molecule has 0 bridgehead atoms. The highest BCUT2D eigenvalue weighted by atomic mass is 35.5. The van der Waals surface area contributed by atoms with Crippen LogP contribution in [-0.2, 0) is 4.79 Å². The van der Waals surface area contributed by atoms with Gasteiger partial charge in [-0.1, -0.05) is 25.4 Å². The van der Waals surface area contributed by atoms with Crippen molar-refractivity contribution in [2.45, 2.75) is 26.7 Å². The fourth-order valence-corrected chi connectivity index (χ4v) is 3.46. The van der Waals surface area contributed by atoms with Crippen molar-refractivity contribution in [3.05, 3.63) is 34.6 Å². The van der Waals surface area contributed by atoms with Crippen molar-refractivity contribution in [1.29, 1.82) is 0 Å². The zero-order valence-electron chi connectivity index (χ0n) is 14.7. The fourth-order valence-electron chi connectivity index (χ4n) is 3.21. The minimum Gasteiger partial charge on any atom is -0.339 e. The van der Waals surface area contributed by atoms with Crippen LogP contribution in [0.3, 0.4) is 0 Å². The van der Waals surface area contributed by atoms with Crippen LogP contribution >= 0.6 is 11.6 Å². The number of benzene rings is 1. The number of hydrogen-bond donors (Lipinski definition) is 1. The van der Waals surface area contributed by atoms with Gasteiger partial charge in [0.25, 0.3) is 5.91 Å². The van der Waals surface area contributed by atoms with Crippen molar-refractivity contribution in [3.63, 3.8) is 0 Å². The van der Waals surface area contributed by atoms with E-state index in [1.54, 1.807) is 9.80 Å². The first-order valence-electron chi connectivity index (χ1n) is 8.62. The molecule has 1 fully saturated rings. The first kappa shape index (κ1) is 19.7. The first-order valence-corrected chi connectivity index (χ1v) is 9.00. The zero-order chi connectivity index (χ0) is 18.6.